The smallest absolute Gasteiger partial charge is 0.306 e. The van der Waals surface area contributed by atoms with Crippen LogP contribution in [0.4, 0.5) is 10.2 Å². The summed E-state index contributed by atoms with van der Waals surface area (Å²) in [6, 6.07) is 16.2. The Morgan fingerprint density at radius 2 is 1.67 bits per heavy atom. The van der Waals surface area contributed by atoms with Gasteiger partial charge in [0.1, 0.15) is 17.5 Å². The van der Waals surface area contributed by atoms with Crippen molar-refractivity contribution in [1.82, 2.24) is 24.6 Å². The number of carbonyl (C=O) groups excluding carboxylic acids is 2. The molecule has 2 aromatic carbocycles. The summed E-state index contributed by atoms with van der Waals surface area (Å²) in [5, 5.41) is 5.58. The summed E-state index contributed by atoms with van der Waals surface area (Å²) >= 11 is 0. The van der Waals surface area contributed by atoms with E-state index in [9.17, 15) is 14.0 Å². The van der Waals surface area contributed by atoms with Gasteiger partial charge in [0.2, 0.25) is 5.91 Å². The molecule has 9 nitrogen and oxygen atoms in total. The number of carbonyl (C=O) groups is 2. The van der Waals surface area contributed by atoms with Gasteiger partial charge in [0.15, 0.2) is 5.65 Å². The highest BCUT2D eigenvalue weighted by Crippen LogP contribution is 2.30. The Morgan fingerprint density at radius 1 is 0.949 bits per heavy atom. The predicted molar refractivity (Wildman–Crippen MR) is 145 cm³/mol. The maximum absolute atomic E-state index is 13.6. The molecule has 1 saturated heterocycles. The number of aromatic nitrogens is 4. The summed E-state index contributed by atoms with van der Waals surface area (Å²) in [6.45, 7) is 6.19. The van der Waals surface area contributed by atoms with E-state index >= 15 is 0 Å². The first-order valence-electron chi connectivity index (χ1n) is 13.2. The van der Waals surface area contributed by atoms with Gasteiger partial charge in [-0.05, 0) is 43.7 Å². The Balaban J connectivity index is 1.44. The molecule has 3 heterocycles. The van der Waals surface area contributed by atoms with Gasteiger partial charge in [-0.15, -0.1) is 0 Å². The van der Waals surface area contributed by atoms with Gasteiger partial charge in [0, 0.05) is 39.0 Å². The topological polar surface area (TPSA) is 93.5 Å². The van der Waals surface area contributed by atoms with Crippen molar-refractivity contribution >= 4 is 28.7 Å². The fourth-order valence-electron chi connectivity index (χ4n) is 4.82. The summed E-state index contributed by atoms with van der Waals surface area (Å²) < 4.78 is 20.3. The van der Waals surface area contributed by atoms with Crippen LogP contribution in [0.1, 0.15) is 36.8 Å². The van der Waals surface area contributed by atoms with E-state index in [0.717, 1.165) is 22.5 Å². The Morgan fingerprint density at radius 3 is 2.36 bits per heavy atom. The lowest BCUT2D eigenvalue weighted by molar-refractivity contribution is -0.145. The summed E-state index contributed by atoms with van der Waals surface area (Å²) in [5.41, 5.74) is 3.22. The number of anilines is 1. The SMILES string of the molecule is CCOC(=O)CCC(=O)N1CCN(c2nc(Cc3ccccc3)nc3c2c(C)nn3-c2ccc(F)cc2)CC1. The molecule has 202 valence electrons. The molecule has 0 bridgehead atoms. The largest absolute Gasteiger partial charge is 0.466 e. The van der Waals surface area contributed by atoms with Crippen molar-refractivity contribution in [2.24, 2.45) is 0 Å². The number of aryl methyl sites for hydroxylation is 1. The highest BCUT2D eigenvalue weighted by molar-refractivity contribution is 5.91. The summed E-state index contributed by atoms with van der Waals surface area (Å²) in [5.74, 6) is 0.699. The van der Waals surface area contributed by atoms with Crippen LogP contribution in [0.2, 0.25) is 0 Å². The van der Waals surface area contributed by atoms with Crippen LogP contribution in [0.5, 0.6) is 0 Å². The second-order valence-corrected chi connectivity index (χ2v) is 9.47. The zero-order valence-corrected chi connectivity index (χ0v) is 22.1. The van der Waals surface area contributed by atoms with E-state index in [1.807, 2.05) is 37.3 Å². The highest BCUT2D eigenvalue weighted by atomic mass is 19.1. The van der Waals surface area contributed by atoms with Gasteiger partial charge in [0.05, 0.1) is 29.8 Å². The third-order valence-electron chi connectivity index (χ3n) is 6.79. The Bertz CT molecular complexity index is 1460. The number of hydrogen-bond donors (Lipinski definition) is 0. The fraction of sp³-hybridized carbons (Fsp3) is 0.345. The number of ether oxygens (including phenoxy) is 1. The van der Waals surface area contributed by atoms with Crippen LogP contribution in [0, 0.1) is 12.7 Å². The van der Waals surface area contributed by atoms with Crippen molar-refractivity contribution in [3.63, 3.8) is 0 Å². The standard InChI is InChI=1S/C29H31FN6O3/c1-3-39-26(38)14-13-25(37)34-15-17-35(18-16-34)28-27-20(2)33-36(23-11-9-22(30)10-12-23)29(27)32-24(31-28)19-21-7-5-4-6-8-21/h4-12H,3,13-19H2,1-2H3. The van der Waals surface area contributed by atoms with Crippen molar-refractivity contribution < 1.29 is 18.7 Å². The molecule has 1 amide bonds. The number of piperazine rings is 1. The van der Waals surface area contributed by atoms with Crippen LogP contribution in [-0.2, 0) is 20.7 Å². The van der Waals surface area contributed by atoms with Crippen LogP contribution in [0.25, 0.3) is 16.7 Å². The zero-order chi connectivity index (χ0) is 27.4. The van der Waals surface area contributed by atoms with Gasteiger partial charge >= 0.3 is 5.97 Å². The van der Waals surface area contributed by atoms with Crippen molar-refractivity contribution in [2.75, 3.05) is 37.7 Å². The van der Waals surface area contributed by atoms with E-state index in [4.69, 9.17) is 19.8 Å². The molecule has 0 radical (unpaired) electrons. The third-order valence-corrected chi connectivity index (χ3v) is 6.79. The van der Waals surface area contributed by atoms with Crippen molar-refractivity contribution in [3.8, 4) is 5.69 Å². The number of rotatable bonds is 8. The van der Waals surface area contributed by atoms with Crippen LogP contribution in [0.3, 0.4) is 0 Å². The van der Waals surface area contributed by atoms with Crippen molar-refractivity contribution in [2.45, 2.75) is 33.1 Å². The summed E-state index contributed by atoms with van der Waals surface area (Å²) in [4.78, 5) is 38.2. The van der Waals surface area contributed by atoms with E-state index in [1.54, 1.807) is 28.6 Å². The minimum atomic E-state index is -0.354. The first-order chi connectivity index (χ1) is 18.9. The number of fused-ring (bicyclic) bond motifs is 1. The first-order valence-corrected chi connectivity index (χ1v) is 13.2. The molecule has 0 saturated carbocycles. The van der Waals surface area contributed by atoms with Crippen molar-refractivity contribution in [1.29, 1.82) is 0 Å². The summed E-state index contributed by atoms with van der Waals surface area (Å²) in [6.07, 6.45) is 0.773. The van der Waals surface area contributed by atoms with Gasteiger partial charge in [-0.2, -0.15) is 5.10 Å². The molecular weight excluding hydrogens is 499 g/mol. The number of benzene rings is 2. The second kappa shape index (κ2) is 11.6. The molecule has 4 aromatic rings. The van der Waals surface area contributed by atoms with Crippen LogP contribution in [-0.4, -0.2) is 69.3 Å². The van der Waals surface area contributed by atoms with Crippen LogP contribution >= 0.6 is 0 Å². The van der Waals surface area contributed by atoms with E-state index in [1.165, 1.54) is 12.1 Å². The van der Waals surface area contributed by atoms with Gasteiger partial charge in [-0.3, -0.25) is 9.59 Å². The van der Waals surface area contributed by atoms with E-state index in [-0.39, 0.29) is 30.5 Å². The molecule has 5 rings (SSSR count). The molecule has 1 fully saturated rings. The third kappa shape index (κ3) is 5.89. The predicted octanol–water partition coefficient (Wildman–Crippen LogP) is 3.85. The number of hydrogen-bond acceptors (Lipinski definition) is 7. The number of halogens is 1. The minimum absolute atomic E-state index is 0.0550. The molecule has 0 atom stereocenters. The van der Waals surface area contributed by atoms with Crippen LogP contribution in [0.15, 0.2) is 54.6 Å². The molecule has 39 heavy (non-hydrogen) atoms. The number of amides is 1. The average Bonchev–Trinajstić information content (AvgIpc) is 3.28. The van der Waals surface area contributed by atoms with Gasteiger partial charge < -0.3 is 14.5 Å². The van der Waals surface area contributed by atoms with E-state index < -0.39 is 0 Å². The lowest BCUT2D eigenvalue weighted by Crippen LogP contribution is -2.49. The molecule has 0 unspecified atom stereocenters. The molecule has 0 aliphatic carbocycles. The minimum Gasteiger partial charge on any atom is -0.466 e. The monoisotopic (exact) mass is 530 g/mol. The zero-order valence-electron chi connectivity index (χ0n) is 22.1. The number of esters is 1. The molecule has 1 aliphatic heterocycles. The maximum Gasteiger partial charge on any atom is 0.306 e. The quantitative estimate of drug-likeness (QED) is 0.320. The fourth-order valence-corrected chi connectivity index (χ4v) is 4.82. The molecule has 2 aromatic heterocycles. The van der Waals surface area contributed by atoms with Gasteiger partial charge in [-0.25, -0.2) is 19.0 Å². The Labute approximate surface area is 226 Å². The molecule has 0 N–H and O–H groups in total. The lowest BCUT2D eigenvalue weighted by Gasteiger charge is -2.35. The van der Waals surface area contributed by atoms with Crippen LogP contribution < -0.4 is 4.90 Å². The molecule has 1 aliphatic rings. The van der Waals surface area contributed by atoms with E-state index in [0.29, 0.717) is 56.4 Å². The lowest BCUT2D eigenvalue weighted by atomic mass is 10.1. The molecule has 10 heteroatoms. The maximum atomic E-state index is 13.6. The number of nitrogens with zero attached hydrogens (tertiary/aromatic N) is 6. The molecular formula is C29H31FN6O3. The highest BCUT2D eigenvalue weighted by Gasteiger charge is 2.26. The van der Waals surface area contributed by atoms with Gasteiger partial charge in [-0.1, -0.05) is 30.3 Å². The Kier molecular flexibility index (Phi) is 7.81. The first kappa shape index (κ1) is 26.3. The van der Waals surface area contributed by atoms with E-state index in [2.05, 4.69) is 4.90 Å². The van der Waals surface area contributed by atoms with Gasteiger partial charge in [0.25, 0.3) is 0 Å². The Hall–Kier alpha value is -4.34. The second-order valence-electron chi connectivity index (χ2n) is 9.47. The normalized spacial score (nSPS) is 13.6. The molecule has 0 spiro atoms. The average molecular weight is 531 g/mol. The van der Waals surface area contributed by atoms with Crippen molar-refractivity contribution in [3.05, 3.63) is 77.5 Å². The summed E-state index contributed by atoms with van der Waals surface area (Å²) in [7, 11) is 0.